The van der Waals surface area contributed by atoms with Crippen LogP contribution >= 0.6 is 15.9 Å². The van der Waals surface area contributed by atoms with Crippen LogP contribution in [0.25, 0.3) is 0 Å². The number of carbonyl (C=O) groups excluding carboxylic acids is 1. The molecular weight excluding hydrogens is 284 g/mol. The summed E-state index contributed by atoms with van der Waals surface area (Å²) >= 11 is 3.33. The molecule has 0 aliphatic heterocycles. The van der Waals surface area contributed by atoms with Gasteiger partial charge in [-0.15, -0.1) is 0 Å². The van der Waals surface area contributed by atoms with Crippen molar-refractivity contribution in [2.24, 2.45) is 0 Å². The van der Waals surface area contributed by atoms with Gasteiger partial charge in [0.15, 0.2) is 0 Å². The number of anilines is 1. The van der Waals surface area contributed by atoms with Crippen molar-refractivity contribution in [3.05, 3.63) is 63.0 Å². The van der Waals surface area contributed by atoms with E-state index >= 15 is 0 Å². The molecule has 2 aromatic rings. The number of aromatic nitrogens is 1. The highest BCUT2D eigenvalue weighted by molar-refractivity contribution is 9.10. The molecule has 5 heteroatoms. The van der Waals surface area contributed by atoms with E-state index in [9.17, 15) is 9.59 Å². The van der Waals surface area contributed by atoms with Crippen molar-refractivity contribution in [1.82, 2.24) is 4.98 Å². The average Bonchev–Trinajstić information content (AvgIpc) is 2.32. The van der Waals surface area contributed by atoms with Gasteiger partial charge in [-0.2, -0.15) is 0 Å². The maximum atomic E-state index is 11.8. The highest BCUT2D eigenvalue weighted by atomic mass is 79.9. The average molecular weight is 293 g/mol. The van der Waals surface area contributed by atoms with Crippen molar-refractivity contribution >= 4 is 27.5 Å². The normalized spacial score (nSPS) is 9.94. The van der Waals surface area contributed by atoms with Crippen LogP contribution in [-0.2, 0) is 0 Å². The lowest BCUT2D eigenvalue weighted by Crippen LogP contribution is -2.18. The Kier molecular flexibility index (Phi) is 3.39. The van der Waals surface area contributed by atoms with Crippen LogP contribution in [0.1, 0.15) is 10.5 Å². The number of amides is 1. The second-order valence-corrected chi connectivity index (χ2v) is 4.22. The lowest BCUT2D eigenvalue weighted by molar-refractivity contribution is 0.102. The van der Waals surface area contributed by atoms with Crippen LogP contribution in [0, 0.1) is 0 Å². The molecule has 0 radical (unpaired) electrons. The van der Waals surface area contributed by atoms with Crippen molar-refractivity contribution in [2.45, 2.75) is 0 Å². The standard InChI is InChI=1S/C12H9BrN2O2/c13-8-4-1-2-5-9(8)15-12(17)10-6-3-7-11(16)14-10/h1-7H,(H,14,16)(H,15,17). The van der Waals surface area contributed by atoms with Crippen molar-refractivity contribution in [3.63, 3.8) is 0 Å². The summed E-state index contributed by atoms with van der Waals surface area (Å²) in [5, 5.41) is 2.70. The van der Waals surface area contributed by atoms with Crippen molar-refractivity contribution in [1.29, 1.82) is 0 Å². The molecule has 0 unspecified atom stereocenters. The van der Waals surface area contributed by atoms with Gasteiger partial charge >= 0.3 is 0 Å². The Balaban J connectivity index is 2.23. The van der Waals surface area contributed by atoms with E-state index in [1.807, 2.05) is 18.2 Å². The van der Waals surface area contributed by atoms with E-state index < -0.39 is 0 Å². The van der Waals surface area contributed by atoms with Gasteiger partial charge in [-0.1, -0.05) is 18.2 Å². The number of rotatable bonds is 2. The van der Waals surface area contributed by atoms with E-state index in [0.29, 0.717) is 5.69 Å². The Morgan fingerprint density at radius 3 is 2.59 bits per heavy atom. The molecule has 2 N–H and O–H groups in total. The largest absolute Gasteiger partial charge is 0.320 e. The van der Waals surface area contributed by atoms with E-state index in [1.54, 1.807) is 12.1 Å². The maximum Gasteiger partial charge on any atom is 0.272 e. The highest BCUT2D eigenvalue weighted by Gasteiger charge is 2.07. The smallest absolute Gasteiger partial charge is 0.272 e. The third kappa shape index (κ3) is 2.82. The number of benzene rings is 1. The fraction of sp³-hybridized carbons (Fsp3) is 0. The fourth-order valence-electron chi connectivity index (χ4n) is 1.33. The van der Waals surface area contributed by atoms with E-state index in [-0.39, 0.29) is 17.2 Å². The lowest BCUT2D eigenvalue weighted by atomic mass is 10.3. The molecule has 0 atom stereocenters. The minimum Gasteiger partial charge on any atom is -0.320 e. The van der Waals surface area contributed by atoms with Crippen LogP contribution in [0.3, 0.4) is 0 Å². The molecule has 0 saturated heterocycles. The van der Waals surface area contributed by atoms with Crippen LogP contribution in [0.5, 0.6) is 0 Å². The monoisotopic (exact) mass is 292 g/mol. The van der Waals surface area contributed by atoms with Gasteiger partial charge in [-0.3, -0.25) is 9.59 Å². The lowest BCUT2D eigenvalue weighted by Gasteiger charge is -2.06. The molecule has 1 aromatic carbocycles. The number of carbonyl (C=O) groups is 1. The first-order valence-corrected chi connectivity index (χ1v) is 5.71. The van der Waals surface area contributed by atoms with Crippen molar-refractivity contribution < 1.29 is 4.79 Å². The molecule has 0 aliphatic rings. The summed E-state index contributed by atoms with van der Waals surface area (Å²) in [6.45, 7) is 0. The molecule has 2 rings (SSSR count). The number of para-hydroxylation sites is 1. The first-order chi connectivity index (χ1) is 8.16. The van der Waals surface area contributed by atoms with Gasteiger partial charge in [0.05, 0.1) is 5.69 Å². The van der Waals surface area contributed by atoms with Gasteiger partial charge in [0.1, 0.15) is 5.69 Å². The predicted molar refractivity (Wildman–Crippen MR) is 69.2 cm³/mol. The molecular formula is C12H9BrN2O2. The number of aromatic amines is 1. The summed E-state index contributed by atoms with van der Waals surface area (Å²) in [6, 6.07) is 11.7. The number of hydrogen-bond donors (Lipinski definition) is 2. The Hall–Kier alpha value is -1.88. The van der Waals surface area contributed by atoms with Gasteiger partial charge in [0, 0.05) is 10.5 Å². The van der Waals surface area contributed by atoms with E-state index in [1.165, 1.54) is 12.1 Å². The molecule has 4 nitrogen and oxygen atoms in total. The zero-order valence-electron chi connectivity index (χ0n) is 8.74. The Bertz CT molecular complexity index is 607. The number of hydrogen-bond acceptors (Lipinski definition) is 2. The Morgan fingerprint density at radius 2 is 1.88 bits per heavy atom. The van der Waals surface area contributed by atoms with Crippen molar-refractivity contribution in [2.75, 3.05) is 5.32 Å². The van der Waals surface area contributed by atoms with Crippen LogP contribution in [-0.4, -0.2) is 10.9 Å². The third-order valence-electron chi connectivity index (χ3n) is 2.14. The first kappa shape index (κ1) is 11.6. The highest BCUT2D eigenvalue weighted by Crippen LogP contribution is 2.21. The molecule has 17 heavy (non-hydrogen) atoms. The van der Waals surface area contributed by atoms with Gasteiger partial charge in [-0.25, -0.2) is 0 Å². The molecule has 0 bridgehead atoms. The number of H-pyrrole nitrogens is 1. The number of halogens is 1. The summed E-state index contributed by atoms with van der Waals surface area (Å²) < 4.78 is 0.784. The van der Waals surface area contributed by atoms with E-state index in [4.69, 9.17) is 0 Å². The summed E-state index contributed by atoms with van der Waals surface area (Å²) in [4.78, 5) is 25.3. The molecule has 1 aromatic heterocycles. The Morgan fingerprint density at radius 1 is 1.12 bits per heavy atom. The van der Waals surface area contributed by atoms with Crippen molar-refractivity contribution in [3.8, 4) is 0 Å². The van der Waals surface area contributed by atoms with Crippen LogP contribution < -0.4 is 10.9 Å². The third-order valence-corrected chi connectivity index (χ3v) is 2.83. The predicted octanol–water partition coefficient (Wildman–Crippen LogP) is 2.39. The van der Waals surface area contributed by atoms with Crippen LogP contribution in [0.2, 0.25) is 0 Å². The maximum absolute atomic E-state index is 11.8. The number of nitrogens with one attached hydrogen (secondary N) is 2. The summed E-state index contributed by atoms with van der Waals surface area (Å²) in [5.41, 5.74) is 0.584. The zero-order valence-corrected chi connectivity index (χ0v) is 10.3. The van der Waals surface area contributed by atoms with Gasteiger partial charge in [0.25, 0.3) is 5.91 Å². The molecule has 86 valence electrons. The molecule has 0 saturated carbocycles. The quantitative estimate of drug-likeness (QED) is 0.893. The number of pyridine rings is 1. The Labute approximate surface area is 106 Å². The molecule has 1 amide bonds. The van der Waals surface area contributed by atoms with E-state index in [2.05, 4.69) is 26.2 Å². The first-order valence-electron chi connectivity index (χ1n) is 4.92. The SMILES string of the molecule is O=C(Nc1ccccc1Br)c1cccc(=O)[nH]1. The second-order valence-electron chi connectivity index (χ2n) is 3.36. The zero-order chi connectivity index (χ0) is 12.3. The minimum atomic E-state index is -0.352. The summed E-state index contributed by atoms with van der Waals surface area (Å²) in [7, 11) is 0. The second kappa shape index (κ2) is 4.97. The van der Waals surface area contributed by atoms with E-state index in [0.717, 1.165) is 4.47 Å². The molecule has 0 aliphatic carbocycles. The van der Waals surface area contributed by atoms with Gasteiger partial charge in [0.2, 0.25) is 5.56 Å². The summed E-state index contributed by atoms with van der Waals surface area (Å²) in [6.07, 6.45) is 0. The summed E-state index contributed by atoms with van der Waals surface area (Å²) in [5.74, 6) is -0.352. The molecule has 1 heterocycles. The topological polar surface area (TPSA) is 62.0 Å². The molecule has 0 spiro atoms. The van der Waals surface area contributed by atoms with Crippen LogP contribution in [0.15, 0.2) is 51.7 Å². The van der Waals surface area contributed by atoms with Gasteiger partial charge < -0.3 is 10.3 Å². The fourth-order valence-corrected chi connectivity index (χ4v) is 1.72. The van der Waals surface area contributed by atoms with Crippen LogP contribution in [0.4, 0.5) is 5.69 Å². The minimum absolute atomic E-state index is 0.230. The van der Waals surface area contributed by atoms with Gasteiger partial charge in [-0.05, 0) is 34.1 Å². The molecule has 0 fully saturated rings.